The number of halogens is 2. The van der Waals surface area contributed by atoms with Gasteiger partial charge in [-0.1, -0.05) is 23.2 Å². The van der Waals surface area contributed by atoms with Gasteiger partial charge in [-0.2, -0.15) is 0 Å². The Labute approximate surface area is 112 Å². The minimum absolute atomic E-state index is 0.0880. The molecule has 0 aliphatic heterocycles. The zero-order chi connectivity index (χ0) is 11.7. The maximum atomic E-state index is 6.12. The molecule has 1 atom stereocenters. The van der Waals surface area contributed by atoms with Crippen molar-refractivity contribution in [2.75, 3.05) is 0 Å². The van der Waals surface area contributed by atoms with E-state index in [1.54, 1.807) is 11.3 Å². The Balaban J connectivity index is 2.40. The third kappa shape index (κ3) is 2.42. The zero-order valence-corrected chi connectivity index (χ0v) is 11.6. The predicted octanol–water partition coefficient (Wildman–Crippen LogP) is 3.98. The Morgan fingerprint density at radius 2 is 2.06 bits per heavy atom. The molecule has 0 fully saturated rings. The summed E-state index contributed by atoms with van der Waals surface area (Å²) >= 11 is 15.1. The number of hydrogen-bond donors (Lipinski definition) is 2. The first-order valence-electron chi connectivity index (χ1n) is 4.59. The van der Waals surface area contributed by atoms with Gasteiger partial charge in [-0.25, -0.2) is 5.43 Å². The van der Waals surface area contributed by atoms with Crippen molar-refractivity contribution < 1.29 is 0 Å². The van der Waals surface area contributed by atoms with Crippen molar-refractivity contribution >= 4 is 45.9 Å². The van der Waals surface area contributed by atoms with Crippen LogP contribution in [-0.4, -0.2) is 0 Å². The lowest BCUT2D eigenvalue weighted by atomic mass is 10.1. The van der Waals surface area contributed by atoms with Crippen molar-refractivity contribution in [2.45, 2.75) is 13.0 Å². The highest BCUT2D eigenvalue weighted by Gasteiger charge is 2.19. The summed E-state index contributed by atoms with van der Waals surface area (Å²) in [6, 6.07) is 5.88. The molecule has 6 heteroatoms. The Kier molecular flexibility index (Phi) is 3.89. The third-order valence-electron chi connectivity index (χ3n) is 2.21. The van der Waals surface area contributed by atoms with Crippen LogP contribution in [0.3, 0.4) is 0 Å². The van der Waals surface area contributed by atoms with Gasteiger partial charge in [0.1, 0.15) is 0 Å². The number of aryl methyl sites for hydroxylation is 1. The van der Waals surface area contributed by atoms with Crippen molar-refractivity contribution in [3.05, 3.63) is 42.2 Å². The summed E-state index contributed by atoms with van der Waals surface area (Å²) in [6.07, 6.45) is 0. The summed E-state index contributed by atoms with van der Waals surface area (Å²) in [6.45, 7) is 2.06. The Hall–Kier alpha value is -0.100. The number of nitrogens with two attached hydrogens (primary N) is 1. The molecule has 0 spiro atoms. The summed E-state index contributed by atoms with van der Waals surface area (Å²) in [5.41, 5.74) is 3.71. The Morgan fingerprint density at radius 1 is 1.31 bits per heavy atom. The third-order valence-corrected chi connectivity index (χ3v) is 4.79. The molecule has 3 N–H and O–H groups in total. The van der Waals surface area contributed by atoms with Crippen LogP contribution in [0.4, 0.5) is 0 Å². The molecule has 0 bridgehead atoms. The Bertz CT molecular complexity index is 493. The topological polar surface area (TPSA) is 38.0 Å². The van der Waals surface area contributed by atoms with Gasteiger partial charge in [0.2, 0.25) is 0 Å². The van der Waals surface area contributed by atoms with Crippen LogP contribution in [0.25, 0.3) is 0 Å². The number of nitrogens with one attached hydrogen (secondary N) is 1. The second kappa shape index (κ2) is 5.04. The molecule has 0 radical (unpaired) electrons. The van der Waals surface area contributed by atoms with E-state index >= 15 is 0 Å². The Morgan fingerprint density at radius 3 is 2.50 bits per heavy atom. The van der Waals surface area contributed by atoms with Crippen molar-refractivity contribution in [1.29, 1.82) is 0 Å². The minimum atomic E-state index is -0.0880. The van der Waals surface area contributed by atoms with Crippen LogP contribution in [0, 0.1) is 6.92 Å². The van der Waals surface area contributed by atoms with Gasteiger partial charge in [-0.15, -0.1) is 22.7 Å². The summed E-state index contributed by atoms with van der Waals surface area (Å²) in [4.78, 5) is 2.38. The largest absolute Gasteiger partial charge is 0.271 e. The number of hydrazine groups is 1. The zero-order valence-electron chi connectivity index (χ0n) is 8.46. The maximum Gasteiger partial charge on any atom is 0.0996 e. The van der Waals surface area contributed by atoms with Crippen LogP contribution in [0.2, 0.25) is 8.67 Å². The van der Waals surface area contributed by atoms with E-state index in [2.05, 4.69) is 18.4 Å². The van der Waals surface area contributed by atoms with E-state index in [-0.39, 0.29) is 6.04 Å². The first-order chi connectivity index (χ1) is 7.61. The SMILES string of the molecule is Cc1ccc(C(NN)c2cc(Cl)sc2Cl)s1. The smallest absolute Gasteiger partial charge is 0.0996 e. The van der Waals surface area contributed by atoms with Gasteiger partial charge in [0.15, 0.2) is 0 Å². The molecule has 0 aliphatic carbocycles. The van der Waals surface area contributed by atoms with Crippen molar-refractivity contribution in [3.63, 3.8) is 0 Å². The van der Waals surface area contributed by atoms with Gasteiger partial charge in [0, 0.05) is 15.3 Å². The highest BCUT2D eigenvalue weighted by molar-refractivity contribution is 7.20. The first-order valence-corrected chi connectivity index (χ1v) is 6.98. The van der Waals surface area contributed by atoms with E-state index in [9.17, 15) is 0 Å². The molecule has 0 aromatic carbocycles. The van der Waals surface area contributed by atoms with Crippen molar-refractivity contribution in [3.8, 4) is 0 Å². The van der Waals surface area contributed by atoms with Crippen LogP contribution in [-0.2, 0) is 0 Å². The van der Waals surface area contributed by atoms with Crippen molar-refractivity contribution in [2.24, 2.45) is 5.84 Å². The fourth-order valence-electron chi connectivity index (χ4n) is 1.48. The van der Waals surface area contributed by atoms with Crippen LogP contribution in [0.1, 0.15) is 21.4 Å². The lowest BCUT2D eigenvalue weighted by Crippen LogP contribution is -2.28. The lowest BCUT2D eigenvalue weighted by molar-refractivity contribution is 0.648. The van der Waals surface area contributed by atoms with Crippen molar-refractivity contribution in [1.82, 2.24) is 5.43 Å². The molecule has 2 nitrogen and oxygen atoms in total. The standard InChI is InChI=1S/C10H10Cl2N2S2/c1-5-2-3-7(15-5)9(14-13)6-4-8(11)16-10(6)12/h2-4,9,14H,13H2,1H3. The molecule has 0 saturated carbocycles. The first kappa shape index (κ1) is 12.4. The summed E-state index contributed by atoms with van der Waals surface area (Å²) in [5.74, 6) is 5.58. The number of thiophene rings is 2. The second-order valence-corrected chi connectivity index (χ2v) is 6.93. The molecule has 2 aromatic heterocycles. The van der Waals surface area contributed by atoms with Gasteiger partial charge in [-0.05, 0) is 25.1 Å². The molecule has 86 valence electrons. The molecule has 1 unspecified atom stereocenters. The predicted molar refractivity (Wildman–Crippen MR) is 72.6 cm³/mol. The van der Waals surface area contributed by atoms with E-state index in [0.29, 0.717) is 8.67 Å². The number of rotatable bonds is 3. The molecule has 2 rings (SSSR count). The van der Waals surface area contributed by atoms with E-state index in [1.165, 1.54) is 16.2 Å². The van der Waals surface area contributed by atoms with Crippen LogP contribution >= 0.6 is 45.9 Å². The fourth-order valence-corrected chi connectivity index (χ4v) is 3.97. The molecule has 0 aliphatic rings. The van der Waals surface area contributed by atoms with Gasteiger partial charge < -0.3 is 0 Å². The normalized spacial score (nSPS) is 13.0. The number of hydrogen-bond acceptors (Lipinski definition) is 4. The quantitative estimate of drug-likeness (QED) is 0.663. The fraction of sp³-hybridized carbons (Fsp3) is 0.200. The maximum absolute atomic E-state index is 6.12. The molecule has 0 amide bonds. The van der Waals surface area contributed by atoms with Crippen LogP contribution < -0.4 is 11.3 Å². The van der Waals surface area contributed by atoms with E-state index < -0.39 is 0 Å². The van der Waals surface area contributed by atoms with E-state index in [4.69, 9.17) is 29.0 Å². The average Bonchev–Trinajstić information content (AvgIpc) is 2.76. The summed E-state index contributed by atoms with van der Waals surface area (Å²) < 4.78 is 1.35. The highest BCUT2D eigenvalue weighted by Crippen LogP contribution is 2.38. The van der Waals surface area contributed by atoms with Gasteiger partial charge in [0.05, 0.1) is 14.7 Å². The van der Waals surface area contributed by atoms with Crippen LogP contribution in [0.5, 0.6) is 0 Å². The lowest BCUT2D eigenvalue weighted by Gasteiger charge is -2.13. The average molecular weight is 293 g/mol. The van der Waals surface area contributed by atoms with Crippen LogP contribution in [0.15, 0.2) is 18.2 Å². The monoisotopic (exact) mass is 292 g/mol. The molecule has 16 heavy (non-hydrogen) atoms. The summed E-state index contributed by atoms with van der Waals surface area (Å²) in [5, 5.41) is 0. The second-order valence-electron chi connectivity index (χ2n) is 3.33. The van der Waals surface area contributed by atoms with Gasteiger partial charge >= 0.3 is 0 Å². The summed E-state index contributed by atoms with van der Waals surface area (Å²) in [7, 11) is 0. The molecule has 0 saturated heterocycles. The van der Waals surface area contributed by atoms with E-state index in [1.807, 2.05) is 12.1 Å². The van der Waals surface area contributed by atoms with E-state index in [0.717, 1.165) is 10.4 Å². The highest BCUT2D eigenvalue weighted by atomic mass is 35.5. The molecular weight excluding hydrogens is 283 g/mol. The van der Waals surface area contributed by atoms with Gasteiger partial charge in [0.25, 0.3) is 0 Å². The molecular formula is C10H10Cl2N2S2. The van der Waals surface area contributed by atoms with Gasteiger partial charge in [-0.3, -0.25) is 5.84 Å². The molecule has 2 aromatic rings. The minimum Gasteiger partial charge on any atom is -0.271 e. The molecule has 2 heterocycles.